The molecule has 0 bridgehead atoms. The Kier molecular flexibility index (Phi) is 4.46. The Labute approximate surface area is 133 Å². The van der Waals surface area contributed by atoms with Crippen LogP contribution in [-0.4, -0.2) is 65.0 Å². The third kappa shape index (κ3) is 3.07. The van der Waals surface area contributed by atoms with Gasteiger partial charge in [0.2, 0.25) is 0 Å². The van der Waals surface area contributed by atoms with Gasteiger partial charge >= 0.3 is 0 Å². The van der Waals surface area contributed by atoms with E-state index in [1.807, 2.05) is 6.20 Å². The molecule has 2 fully saturated rings. The van der Waals surface area contributed by atoms with Crippen molar-refractivity contribution in [3.63, 3.8) is 0 Å². The molecule has 4 heterocycles. The SMILES string of the molecule is c1cc2n(n1)[C@@H](CN1CCCCC1)CN(C1CCOCC1)C2. The first kappa shape index (κ1) is 14.7. The molecule has 0 spiro atoms. The number of rotatable bonds is 3. The largest absolute Gasteiger partial charge is 0.381 e. The van der Waals surface area contributed by atoms with E-state index < -0.39 is 0 Å². The molecule has 5 heteroatoms. The van der Waals surface area contributed by atoms with Crippen molar-refractivity contribution in [3.8, 4) is 0 Å². The van der Waals surface area contributed by atoms with Crippen LogP contribution >= 0.6 is 0 Å². The Morgan fingerprint density at radius 2 is 1.95 bits per heavy atom. The van der Waals surface area contributed by atoms with Crippen LogP contribution in [0.1, 0.15) is 43.8 Å². The molecule has 0 N–H and O–H groups in total. The van der Waals surface area contributed by atoms with Crippen molar-refractivity contribution in [2.24, 2.45) is 0 Å². The zero-order valence-corrected chi connectivity index (χ0v) is 13.5. The van der Waals surface area contributed by atoms with Gasteiger partial charge in [-0.25, -0.2) is 0 Å². The van der Waals surface area contributed by atoms with Crippen LogP contribution in [0.15, 0.2) is 12.3 Å². The van der Waals surface area contributed by atoms with Gasteiger partial charge < -0.3 is 9.64 Å². The molecular weight excluding hydrogens is 276 g/mol. The van der Waals surface area contributed by atoms with E-state index in [0.717, 1.165) is 32.8 Å². The topological polar surface area (TPSA) is 33.5 Å². The van der Waals surface area contributed by atoms with Crippen LogP contribution < -0.4 is 0 Å². The Morgan fingerprint density at radius 3 is 2.77 bits per heavy atom. The zero-order valence-electron chi connectivity index (χ0n) is 13.5. The predicted molar refractivity (Wildman–Crippen MR) is 85.8 cm³/mol. The summed E-state index contributed by atoms with van der Waals surface area (Å²) in [7, 11) is 0. The summed E-state index contributed by atoms with van der Waals surface area (Å²) in [4.78, 5) is 5.33. The van der Waals surface area contributed by atoms with Gasteiger partial charge in [-0.1, -0.05) is 6.42 Å². The fourth-order valence-corrected chi connectivity index (χ4v) is 4.32. The lowest BCUT2D eigenvalue weighted by molar-refractivity contribution is 0.0122. The molecule has 0 amide bonds. The van der Waals surface area contributed by atoms with Crippen molar-refractivity contribution < 1.29 is 4.74 Å². The van der Waals surface area contributed by atoms with Crippen LogP contribution in [0, 0.1) is 0 Å². The molecular formula is C17H28N4O. The molecule has 122 valence electrons. The highest BCUT2D eigenvalue weighted by Gasteiger charge is 2.31. The number of hydrogen-bond donors (Lipinski definition) is 0. The van der Waals surface area contributed by atoms with Gasteiger partial charge in [-0.3, -0.25) is 9.58 Å². The minimum atomic E-state index is 0.514. The maximum atomic E-state index is 5.54. The fraction of sp³-hybridized carbons (Fsp3) is 0.824. The van der Waals surface area contributed by atoms with Gasteiger partial charge in [-0.05, 0) is 44.8 Å². The highest BCUT2D eigenvalue weighted by Crippen LogP contribution is 2.27. The van der Waals surface area contributed by atoms with Crippen LogP contribution in [0.5, 0.6) is 0 Å². The molecule has 0 saturated carbocycles. The standard InChI is InChI=1S/C17H28N4O/c1-2-8-19(9-3-1)12-17-14-20(15-5-10-22-11-6-15)13-16-4-7-18-21(16)17/h4,7,15,17H,1-3,5-6,8-14H2/t17-/m0/s1. The Balaban J connectivity index is 1.47. The van der Waals surface area contributed by atoms with E-state index in [9.17, 15) is 0 Å². The van der Waals surface area contributed by atoms with Crippen molar-refractivity contribution in [1.82, 2.24) is 19.6 Å². The van der Waals surface area contributed by atoms with E-state index in [-0.39, 0.29) is 0 Å². The first-order valence-electron chi connectivity index (χ1n) is 8.97. The monoisotopic (exact) mass is 304 g/mol. The summed E-state index contributed by atoms with van der Waals surface area (Å²) in [5.41, 5.74) is 1.39. The van der Waals surface area contributed by atoms with E-state index >= 15 is 0 Å². The van der Waals surface area contributed by atoms with Crippen molar-refractivity contribution in [1.29, 1.82) is 0 Å². The quantitative estimate of drug-likeness (QED) is 0.854. The van der Waals surface area contributed by atoms with Crippen molar-refractivity contribution in [2.75, 3.05) is 39.4 Å². The van der Waals surface area contributed by atoms with E-state index in [4.69, 9.17) is 4.74 Å². The Morgan fingerprint density at radius 1 is 1.14 bits per heavy atom. The average Bonchev–Trinajstić information content (AvgIpc) is 3.05. The highest BCUT2D eigenvalue weighted by atomic mass is 16.5. The molecule has 1 aromatic heterocycles. The van der Waals surface area contributed by atoms with Crippen LogP contribution in [0.3, 0.4) is 0 Å². The summed E-state index contributed by atoms with van der Waals surface area (Å²) in [5, 5.41) is 4.62. The number of nitrogens with zero attached hydrogens (tertiary/aromatic N) is 4. The highest BCUT2D eigenvalue weighted by molar-refractivity contribution is 5.06. The molecule has 0 aromatic carbocycles. The lowest BCUT2D eigenvalue weighted by atomic mass is 10.0. The third-order valence-electron chi connectivity index (χ3n) is 5.53. The summed E-state index contributed by atoms with van der Waals surface area (Å²) in [6.45, 7) is 7.76. The lowest BCUT2D eigenvalue weighted by Crippen LogP contribution is -2.48. The number of likely N-dealkylation sites (tertiary alicyclic amines) is 1. The molecule has 1 atom stereocenters. The lowest BCUT2D eigenvalue weighted by Gasteiger charge is -2.42. The Bertz CT molecular complexity index is 477. The predicted octanol–water partition coefficient (Wildman–Crippen LogP) is 1.90. The van der Waals surface area contributed by atoms with Crippen molar-refractivity contribution >= 4 is 0 Å². The number of aromatic nitrogens is 2. The molecule has 3 aliphatic rings. The summed E-state index contributed by atoms with van der Waals surface area (Å²) >= 11 is 0. The number of fused-ring (bicyclic) bond motifs is 1. The average molecular weight is 304 g/mol. The van der Waals surface area contributed by atoms with Gasteiger partial charge in [0.1, 0.15) is 0 Å². The van der Waals surface area contributed by atoms with Crippen molar-refractivity contribution in [3.05, 3.63) is 18.0 Å². The molecule has 0 aliphatic carbocycles. The van der Waals surface area contributed by atoms with Crippen LogP contribution in [0.4, 0.5) is 0 Å². The molecule has 0 radical (unpaired) electrons. The first-order chi connectivity index (χ1) is 10.9. The minimum absolute atomic E-state index is 0.514. The second-order valence-corrected chi connectivity index (χ2v) is 7.06. The molecule has 3 aliphatic heterocycles. The number of piperidine rings is 1. The van der Waals surface area contributed by atoms with Gasteiger partial charge in [-0.15, -0.1) is 0 Å². The molecule has 22 heavy (non-hydrogen) atoms. The van der Waals surface area contributed by atoms with E-state index in [1.165, 1.54) is 50.9 Å². The maximum Gasteiger partial charge on any atom is 0.0776 e. The van der Waals surface area contributed by atoms with E-state index in [1.54, 1.807) is 0 Å². The van der Waals surface area contributed by atoms with Crippen molar-refractivity contribution in [2.45, 2.75) is 50.7 Å². The van der Waals surface area contributed by atoms with Crippen LogP contribution in [0.2, 0.25) is 0 Å². The minimum Gasteiger partial charge on any atom is -0.381 e. The summed E-state index contributed by atoms with van der Waals surface area (Å²) in [5.74, 6) is 0. The summed E-state index contributed by atoms with van der Waals surface area (Å²) in [6.07, 6.45) is 8.48. The smallest absolute Gasteiger partial charge is 0.0776 e. The molecule has 4 rings (SSSR count). The summed E-state index contributed by atoms with van der Waals surface area (Å²) in [6, 6.07) is 3.41. The van der Waals surface area contributed by atoms with Gasteiger partial charge in [0.15, 0.2) is 0 Å². The molecule has 5 nitrogen and oxygen atoms in total. The van der Waals surface area contributed by atoms with Gasteiger partial charge in [0.25, 0.3) is 0 Å². The first-order valence-corrected chi connectivity index (χ1v) is 8.97. The normalized spacial score (nSPS) is 28.6. The second-order valence-electron chi connectivity index (χ2n) is 7.06. The van der Waals surface area contributed by atoms with Gasteiger partial charge in [0.05, 0.1) is 11.7 Å². The maximum absolute atomic E-state index is 5.54. The third-order valence-corrected chi connectivity index (χ3v) is 5.53. The number of hydrogen-bond acceptors (Lipinski definition) is 4. The zero-order chi connectivity index (χ0) is 14.8. The van der Waals surface area contributed by atoms with E-state index in [0.29, 0.717) is 12.1 Å². The molecule has 0 unspecified atom stereocenters. The van der Waals surface area contributed by atoms with Crippen LogP contribution in [-0.2, 0) is 11.3 Å². The van der Waals surface area contributed by atoms with Crippen LogP contribution in [0.25, 0.3) is 0 Å². The molecule has 1 aromatic rings. The van der Waals surface area contributed by atoms with E-state index in [2.05, 4.69) is 25.6 Å². The Hall–Kier alpha value is -0.910. The second kappa shape index (κ2) is 6.69. The molecule has 2 saturated heterocycles. The summed E-state index contributed by atoms with van der Waals surface area (Å²) < 4.78 is 7.84. The van der Waals surface area contributed by atoms with Gasteiger partial charge in [0, 0.05) is 45.1 Å². The van der Waals surface area contributed by atoms with Gasteiger partial charge in [-0.2, -0.15) is 5.10 Å². The fourth-order valence-electron chi connectivity index (χ4n) is 4.32. The number of ether oxygens (including phenoxy) is 1.